The van der Waals surface area contributed by atoms with Crippen molar-refractivity contribution in [1.29, 1.82) is 5.26 Å². The average Bonchev–Trinajstić information content (AvgIpc) is 2.48. The number of ether oxygens (including phenoxy) is 1. The highest BCUT2D eigenvalue weighted by molar-refractivity contribution is 5.80. The van der Waals surface area contributed by atoms with Crippen LogP contribution in [0.15, 0.2) is 30.3 Å². The van der Waals surface area contributed by atoms with Gasteiger partial charge in [0.25, 0.3) is 0 Å². The fourth-order valence-electron chi connectivity index (χ4n) is 2.31. The lowest BCUT2D eigenvalue weighted by atomic mass is 9.79. The van der Waals surface area contributed by atoms with Crippen molar-refractivity contribution in [3.63, 3.8) is 0 Å². The third kappa shape index (κ3) is 1.57. The van der Waals surface area contributed by atoms with Crippen LogP contribution in [0.2, 0.25) is 0 Å². The smallest absolute Gasteiger partial charge is 0.324 e. The van der Waals surface area contributed by atoms with Crippen LogP contribution in [0.3, 0.4) is 0 Å². The van der Waals surface area contributed by atoms with Crippen molar-refractivity contribution in [1.82, 2.24) is 0 Å². The quantitative estimate of drug-likeness (QED) is 0.675. The standard InChI is InChI=1S/C13H13NO2/c1-13(2)11(9-6-4-3-5-7-9)10(8-14)12(15)16-13/h3-7,10-11H,1-2H3/t10-,11+/m0/s1. The Hall–Kier alpha value is -1.82. The third-order valence-electron chi connectivity index (χ3n) is 3.00. The maximum absolute atomic E-state index is 11.6. The van der Waals surface area contributed by atoms with E-state index in [9.17, 15) is 4.79 Å². The van der Waals surface area contributed by atoms with Gasteiger partial charge in [-0.1, -0.05) is 30.3 Å². The van der Waals surface area contributed by atoms with E-state index in [0.29, 0.717) is 0 Å². The van der Waals surface area contributed by atoms with E-state index in [4.69, 9.17) is 10.00 Å². The second-order valence-electron chi connectivity index (χ2n) is 4.52. The van der Waals surface area contributed by atoms with Crippen LogP contribution in [0.25, 0.3) is 0 Å². The zero-order chi connectivity index (χ0) is 11.8. The largest absolute Gasteiger partial charge is 0.458 e. The van der Waals surface area contributed by atoms with Crippen molar-refractivity contribution in [2.45, 2.75) is 25.4 Å². The monoisotopic (exact) mass is 215 g/mol. The van der Waals surface area contributed by atoms with Crippen molar-refractivity contribution in [3.05, 3.63) is 35.9 Å². The molecule has 1 saturated heterocycles. The molecule has 0 unspecified atom stereocenters. The fraction of sp³-hybridized carbons (Fsp3) is 0.385. The molecule has 0 aliphatic carbocycles. The first-order valence-electron chi connectivity index (χ1n) is 5.23. The molecule has 0 aromatic heterocycles. The third-order valence-corrected chi connectivity index (χ3v) is 3.00. The number of hydrogen-bond donors (Lipinski definition) is 0. The summed E-state index contributed by atoms with van der Waals surface area (Å²) < 4.78 is 5.26. The zero-order valence-corrected chi connectivity index (χ0v) is 9.31. The van der Waals surface area contributed by atoms with Crippen LogP contribution < -0.4 is 0 Å². The van der Waals surface area contributed by atoms with E-state index in [1.165, 1.54) is 0 Å². The van der Waals surface area contributed by atoms with E-state index in [1.54, 1.807) is 0 Å². The predicted molar refractivity (Wildman–Crippen MR) is 58.5 cm³/mol. The second kappa shape index (κ2) is 3.64. The minimum absolute atomic E-state index is 0.189. The molecule has 1 heterocycles. The molecule has 0 spiro atoms. The molecule has 0 radical (unpaired) electrons. The van der Waals surface area contributed by atoms with Gasteiger partial charge in [-0.3, -0.25) is 4.79 Å². The Morgan fingerprint density at radius 2 is 1.94 bits per heavy atom. The Morgan fingerprint density at radius 1 is 1.31 bits per heavy atom. The van der Waals surface area contributed by atoms with Crippen molar-refractivity contribution in [3.8, 4) is 6.07 Å². The molecule has 1 fully saturated rings. The molecule has 0 N–H and O–H groups in total. The Bertz CT molecular complexity index is 445. The van der Waals surface area contributed by atoms with Crippen LogP contribution >= 0.6 is 0 Å². The first-order chi connectivity index (χ1) is 7.56. The summed E-state index contributed by atoms with van der Waals surface area (Å²) in [5.74, 6) is -1.30. The maximum Gasteiger partial charge on any atom is 0.324 e. The van der Waals surface area contributed by atoms with Gasteiger partial charge in [0.2, 0.25) is 0 Å². The first kappa shape index (κ1) is 10.7. The fourth-order valence-corrected chi connectivity index (χ4v) is 2.31. The lowest BCUT2D eigenvalue weighted by molar-refractivity contribution is -0.147. The topological polar surface area (TPSA) is 50.1 Å². The number of rotatable bonds is 1. The summed E-state index contributed by atoms with van der Waals surface area (Å²) in [6.07, 6.45) is 0. The SMILES string of the molecule is CC1(C)OC(=O)[C@@H](C#N)[C@H]1c1ccccc1. The maximum atomic E-state index is 11.6. The number of esters is 1. The van der Waals surface area contributed by atoms with E-state index in [0.717, 1.165) is 5.56 Å². The highest BCUT2D eigenvalue weighted by atomic mass is 16.6. The van der Waals surface area contributed by atoms with Crippen LogP contribution in [0.4, 0.5) is 0 Å². The van der Waals surface area contributed by atoms with Gasteiger partial charge in [0.15, 0.2) is 5.92 Å². The molecule has 0 bridgehead atoms. The molecule has 2 rings (SSSR count). The summed E-state index contributed by atoms with van der Waals surface area (Å²) in [4.78, 5) is 11.6. The van der Waals surface area contributed by atoms with Crippen molar-refractivity contribution in [2.24, 2.45) is 5.92 Å². The summed E-state index contributed by atoms with van der Waals surface area (Å²) in [7, 11) is 0. The average molecular weight is 215 g/mol. The molecular weight excluding hydrogens is 202 g/mol. The van der Waals surface area contributed by atoms with Crippen LogP contribution in [-0.4, -0.2) is 11.6 Å². The van der Waals surface area contributed by atoms with Crippen LogP contribution in [0.5, 0.6) is 0 Å². The van der Waals surface area contributed by atoms with Gasteiger partial charge < -0.3 is 4.74 Å². The molecule has 1 aromatic rings. The molecule has 16 heavy (non-hydrogen) atoms. The van der Waals surface area contributed by atoms with Crippen LogP contribution in [0.1, 0.15) is 25.3 Å². The molecule has 3 heteroatoms. The van der Waals surface area contributed by atoms with Gasteiger partial charge in [0.05, 0.1) is 6.07 Å². The Kier molecular flexibility index (Phi) is 2.43. The summed E-state index contributed by atoms with van der Waals surface area (Å²) in [5.41, 5.74) is 0.364. The van der Waals surface area contributed by atoms with Crippen molar-refractivity contribution < 1.29 is 9.53 Å². The number of nitrogens with zero attached hydrogens (tertiary/aromatic N) is 1. The second-order valence-corrected chi connectivity index (χ2v) is 4.52. The van der Waals surface area contributed by atoms with E-state index >= 15 is 0 Å². The molecule has 0 saturated carbocycles. The lowest BCUT2D eigenvalue weighted by Gasteiger charge is -2.25. The molecule has 82 valence electrons. The first-order valence-corrected chi connectivity index (χ1v) is 5.23. The van der Waals surface area contributed by atoms with Gasteiger partial charge in [-0.2, -0.15) is 5.26 Å². The number of hydrogen-bond acceptors (Lipinski definition) is 3. The molecule has 1 aromatic carbocycles. The number of nitriles is 1. The minimum Gasteiger partial charge on any atom is -0.458 e. The number of carbonyl (C=O) groups excluding carboxylic acids is 1. The molecule has 1 aliphatic rings. The van der Waals surface area contributed by atoms with Crippen LogP contribution in [-0.2, 0) is 9.53 Å². The van der Waals surface area contributed by atoms with Gasteiger partial charge in [0, 0.05) is 5.92 Å². The molecule has 1 aliphatic heterocycles. The summed E-state index contributed by atoms with van der Waals surface area (Å²) in [6.45, 7) is 3.69. The lowest BCUT2D eigenvalue weighted by Crippen LogP contribution is -2.27. The highest BCUT2D eigenvalue weighted by Gasteiger charge is 2.50. The Labute approximate surface area is 94.6 Å². The van der Waals surface area contributed by atoms with E-state index in [-0.39, 0.29) is 5.92 Å². The van der Waals surface area contributed by atoms with Gasteiger partial charge in [-0.25, -0.2) is 0 Å². The van der Waals surface area contributed by atoms with Crippen LogP contribution in [0, 0.1) is 17.2 Å². The van der Waals surface area contributed by atoms with E-state index < -0.39 is 17.5 Å². The minimum atomic E-state index is -0.697. The highest BCUT2D eigenvalue weighted by Crippen LogP contribution is 2.43. The van der Waals surface area contributed by atoms with Gasteiger partial charge in [0.1, 0.15) is 5.60 Å². The van der Waals surface area contributed by atoms with Gasteiger partial charge >= 0.3 is 5.97 Å². The number of carbonyl (C=O) groups is 1. The van der Waals surface area contributed by atoms with Crippen molar-refractivity contribution in [2.75, 3.05) is 0 Å². The molecule has 0 amide bonds. The predicted octanol–water partition coefficient (Wildman–Crippen LogP) is 2.25. The normalized spacial score (nSPS) is 27.2. The summed E-state index contributed by atoms with van der Waals surface area (Å²) in [5, 5.41) is 9.05. The zero-order valence-electron chi connectivity index (χ0n) is 9.31. The number of cyclic esters (lactones) is 1. The number of benzene rings is 1. The van der Waals surface area contributed by atoms with E-state index in [1.807, 2.05) is 50.2 Å². The summed E-state index contributed by atoms with van der Waals surface area (Å²) >= 11 is 0. The van der Waals surface area contributed by atoms with Gasteiger partial charge in [-0.15, -0.1) is 0 Å². The Balaban J connectivity index is 2.46. The van der Waals surface area contributed by atoms with E-state index in [2.05, 4.69) is 0 Å². The molecule has 2 atom stereocenters. The Morgan fingerprint density at radius 3 is 2.50 bits per heavy atom. The van der Waals surface area contributed by atoms with Gasteiger partial charge in [-0.05, 0) is 19.4 Å². The molecule has 3 nitrogen and oxygen atoms in total. The van der Waals surface area contributed by atoms with Crippen molar-refractivity contribution >= 4 is 5.97 Å². The summed E-state index contributed by atoms with van der Waals surface area (Å²) in [6, 6.07) is 11.6. The molecular formula is C13H13NO2.